The van der Waals surface area contributed by atoms with E-state index in [-0.39, 0.29) is 37.7 Å². The minimum atomic E-state index is -0.631. The fourth-order valence-corrected chi connectivity index (χ4v) is 7.76. The van der Waals surface area contributed by atoms with Crippen LogP contribution >= 0.6 is 0 Å². The van der Waals surface area contributed by atoms with Crippen molar-refractivity contribution in [2.75, 3.05) is 39.6 Å². The second kappa shape index (κ2) is 40.6. The van der Waals surface area contributed by atoms with E-state index in [0.717, 1.165) is 30.8 Å². The van der Waals surface area contributed by atoms with Gasteiger partial charge in [0, 0.05) is 13.2 Å². The number of fused-ring (bicyclic) bond motifs is 1. The quantitative estimate of drug-likeness (QED) is 0.0444. The third kappa shape index (κ3) is 28.6. The molecule has 0 radical (unpaired) electrons. The van der Waals surface area contributed by atoms with E-state index < -0.39 is 6.04 Å². The van der Waals surface area contributed by atoms with Gasteiger partial charge in [0.1, 0.15) is 0 Å². The van der Waals surface area contributed by atoms with E-state index in [1.165, 1.54) is 186 Å². The van der Waals surface area contributed by atoms with Gasteiger partial charge in [-0.1, -0.05) is 219 Å². The highest BCUT2D eigenvalue weighted by molar-refractivity contribution is 6.21. The first-order chi connectivity index (χ1) is 28.5. The number of carbonyl (C=O) groups excluding carboxylic acids is 2. The molecule has 1 aliphatic rings. The van der Waals surface area contributed by atoms with E-state index in [1.54, 1.807) is 24.3 Å². The Balaban J connectivity index is 0.000000619. The minimum absolute atomic E-state index is 0.0129. The van der Waals surface area contributed by atoms with Crippen molar-refractivity contribution < 1.29 is 29.3 Å². The summed E-state index contributed by atoms with van der Waals surface area (Å²) in [6.07, 6.45) is 43.5. The number of nitrogens with two attached hydrogens (primary N) is 1. The third-order valence-electron chi connectivity index (χ3n) is 11.6. The zero-order valence-electron chi connectivity index (χ0n) is 37.9. The molecule has 0 unspecified atom stereocenters. The number of rotatable bonds is 41. The van der Waals surface area contributed by atoms with E-state index in [0.29, 0.717) is 24.3 Å². The Morgan fingerprint density at radius 2 is 0.759 bits per heavy atom. The van der Waals surface area contributed by atoms with Crippen LogP contribution in [0.15, 0.2) is 24.3 Å². The number of unbranched alkanes of at least 4 members (excludes halogenated alkanes) is 30. The van der Waals surface area contributed by atoms with Crippen LogP contribution < -0.4 is 5.73 Å². The lowest BCUT2D eigenvalue weighted by Gasteiger charge is -2.24. The van der Waals surface area contributed by atoms with Crippen LogP contribution in [-0.2, 0) is 9.47 Å². The fourth-order valence-electron chi connectivity index (χ4n) is 7.76. The number of benzene rings is 1. The van der Waals surface area contributed by atoms with Crippen molar-refractivity contribution in [3.63, 3.8) is 0 Å². The highest BCUT2D eigenvalue weighted by Gasteiger charge is 2.39. The summed E-state index contributed by atoms with van der Waals surface area (Å²) in [6, 6.07) is 5.95. The molecular weight excluding hydrogens is 725 g/mol. The lowest BCUT2D eigenvalue weighted by Crippen LogP contribution is -2.45. The number of carbonyl (C=O) groups is 2. The normalized spacial score (nSPS) is 13.5. The molecule has 0 aromatic heterocycles. The van der Waals surface area contributed by atoms with E-state index in [2.05, 4.69) is 13.8 Å². The standard InChI is InChI=1S/C29H47NO4.C21H45NO2/c1-2-3-4-5-6-7-8-9-10-11-12-13-14-15-16-19-22-34-24-25(23-31)30-28(32)26-20-17-18-21-27(26)29(30)33;1-2-3-4-5-6-7-8-9-10-11-12-13-14-15-16-17-18-24-20-21(22)19-23/h17-18,20-21,25,31H,2-16,19,22-24H2,1H3;21,23H,2-20,22H2,1H3/t25-;21-/m00/s1. The van der Waals surface area contributed by atoms with Gasteiger partial charge < -0.3 is 25.4 Å². The molecule has 2 atom stereocenters. The van der Waals surface area contributed by atoms with Crippen LogP contribution in [0.4, 0.5) is 0 Å². The summed E-state index contributed by atoms with van der Waals surface area (Å²) in [4.78, 5) is 26.2. The van der Waals surface area contributed by atoms with E-state index in [9.17, 15) is 14.7 Å². The molecule has 1 aliphatic heterocycles. The van der Waals surface area contributed by atoms with Gasteiger partial charge in [-0.15, -0.1) is 0 Å². The van der Waals surface area contributed by atoms with Gasteiger partial charge >= 0.3 is 0 Å². The van der Waals surface area contributed by atoms with Gasteiger partial charge in [-0.3, -0.25) is 14.5 Å². The molecule has 0 fully saturated rings. The second-order valence-corrected chi connectivity index (χ2v) is 17.1. The fraction of sp³-hybridized carbons (Fsp3) is 0.840. The number of nitrogens with zero attached hydrogens (tertiary/aromatic N) is 1. The molecule has 1 aromatic rings. The van der Waals surface area contributed by atoms with Crippen LogP contribution in [-0.4, -0.2) is 78.7 Å². The molecule has 338 valence electrons. The summed E-state index contributed by atoms with van der Waals surface area (Å²) in [7, 11) is 0. The van der Waals surface area contributed by atoms with E-state index >= 15 is 0 Å². The summed E-state index contributed by atoms with van der Waals surface area (Å²) < 4.78 is 11.1. The number of aliphatic hydroxyl groups excluding tert-OH is 2. The Kier molecular flexibility index (Phi) is 37.9. The third-order valence-corrected chi connectivity index (χ3v) is 11.6. The molecule has 0 aliphatic carbocycles. The van der Waals surface area contributed by atoms with Crippen LogP contribution in [0, 0.1) is 0 Å². The summed E-state index contributed by atoms with van der Waals surface area (Å²) in [6.45, 7) is 6.32. The maximum Gasteiger partial charge on any atom is 0.261 e. The Labute approximate surface area is 357 Å². The first kappa shape index (κ1) is 54.2. The van der Waals surface area contributed by atoms with Crippen LogP contribution in [0.3, 0.4) is 0 Å². The van der Waals surface area contributed by atoms with Gasteiger partial charge in [-0.2, -0.15) is 0 Å². The Hall–Kier alpha value is -1.84. The lowest BCUT2D eigenvalue weighted by molar-refractivity contribution is 0.0258. The second-order valence-electron chi connectivity index (χ2n) is 17.1. The Bertz CT molecular complexity index is 1040. The molecule has 58 heavy (non-hydrogen) atoms. The molecular formula is C50H92N2O6. The average Bonchev–Trinajstić information content (AvgIpc) is 3.49. The molecule has 8 heteroatoms. The number of aliphatic hydroxyl groups is 2. The van der Waals surface area contributed by atoms with Gasteiger partial charge in [0.25, 0.3) is 11.8 Å². The number of ether oxygens (including phenoxy) is 2. The number of hydrogen-bond acceptors (Lipinski definition) is 7. The van der Waals surface area contributed by atoms with Crippen molar-refractivity contribution in [1.82, 2.24) is 4.90 Å². The van der Waals surface area contributed by atoms with Gasteiger partial charge in [-0.25, -0.2) is 0 Å². The molecule has 0 bridgehead atoms. The number of amides is 2. The monoisotopic (exact) mass is 817 g/mol. The zero-order chi connectivity index (χ0) is 42.2. The Morgan fingerprint density at radius 1 is 0.466 bits per heavy atom. The molecule has 4 N–H and O–H groups in total. The maximum absolute atomic E-state index is 12.5. The number of imide groups is 1. The molecule has 0 saturated heterocycles. The van der Waals surface area contributed by atoms with Crippen LogP contribution in [0.2, 0.25) is 0 Å². The minimum Gasteiger partial charge on any atom is -0.395 e. The van der Waals surface area contributed by atoms with Gasteiger partial charge in [0.2, 0.25) is 0 Å². The molecule has 1 heterocycles. The summed E-state index contributed by atoms with van der Waals surface area (Å²) in [5.74, 6) is -0.684. The molecule has 0 saturated carbocycles. The van der Waals surface area contributed by atoms with Crippen LogP contribution in [0.1, 0.15) is 240 Å². The highest BCUT2D eigenvalue weighted by atomic mass is 16.5. The summed E-state index contributed by atoms with van der Waals surface area (Å²) in [5, 5.41) is 18.5. The summed E-state index contributed by atoms with van der Waals surface area (Å²) in [5.41, 5.74) is 6.38. The SMILES string of the molecule is CCCCCCCCCCCCCCCCCCOC[C@@H](N)CO.CCCCCCCCCCCCCCCCCCOC[C@H](CO)N1C(=O)c2ccccc2C1=O. The number of hydrogen-bond donors (Lipinski definition) is 3. The Morgan fingerprint density at radius 3 is 1.05 bits per heavy atom. The first-order valence-electron chi connectivity index (χ1n) is 24.6. The maximum atomic E-state index is 12.5. The van der Waals surface area contributed by atoms with Crippen molar-refractivity contribution >= 4 is 11.8 Å². The van der Waals surface area contributed by atoms with Crippen molar-refractivity contribution in [3.05, 3.63) is 35.4 Å². The van der Waals surface area contributed by atoms with Crippen molar-refractivity contribution in [3.8, 4) is 0 Å². The molecule has 1 aromatic carbocycles. The highest BCUT2D eigenvalue weighted by Crippen LogP contribution is 2.25. The van der Waals surface area contributed by atoms with Crippen LogP contribution in [0.5, 0.6) is 0 Å². The van der Waals surface area contributed by atoms with Crippen LogP contribution in [0.25, 0.3) is 0 Å². The molecule has 2 amide bonds. The van der Waals surface area contributed by atoms with Crippen molar-refractivity contribution in [1.29, 1.82) is 0 Å². The lowest BCUT2D eigenvalue weighted by atomic mass is 10.0. The predicted molar refractivity (Wildman–Crippen MR) is 244 cm³/mol. The van der Waals surface area contributed by atoms with Crippen molar-refractivity contribution in [2.45, 2.75) is 231 Å². The smallest absolute Gasteiger partial charge is 0.261 e. The van der Waals surface area contributed by atoms with E-state index in [4.69, 9.17) is 20.3 Å². The molecule has 2 rings (SSSR count). The summed E-state index contributed by atoms with van der Waals surface area (Å²) >= 11 is 0. The average molecular weight is 817 g/mol. The molecule has 0 spiro atoms. The molecule has 8 nitrogen and oxygen atoms in total. The van der Waals surface area contributed by atoms with Gasteiger partial charge in [0.15, 0.2) is 0 Å². The largest absolute Gasteiger partial charge is 0.395 e. The van der Waals surface area contributed by atoms with E-state index in [1.807, 2.05) is 0 Å². The predicted octanol–water partition coefficient (Wildman–Crippen LogP) is 12.5. The zero-order valence-corrected chi connectivity index (χ0v) is 37.9. The first-order valence-corrected chi connectivity index (χ1v) is 24.6. The van der Waals surface area contributed by atoms with Gasteiger partial charge in [-0.05, 0) is 25.0 Å². The van der Waals surface area contributed by atoms with Crippen molar-refractivity contribution in [2.24, 2.45) is 5.73 Å². The topological polar surface area (TPSA) is 122 Å². The van der Waals surface area contributed by atoms with Gasteiger partial charge in [0.05, 0.1) is 49.6 Å².